The average molecular weight is 298 g/mol. The molecule has 1 atom stereocenters. The third-order valence-corrected chi connectivity index (χ3v) is 3.58. The van der Waals surface area contributed by atoms with E-state index in [4.69, 9.17) is 19.0 Å². The zero-order valence-electron chi connectivity index (χ0n) is 11.2. The highest BCUT2D eigenvalue weighted by molar-refractivity contribution is 5.91. The van der Waals surface area contributed by atoms with E-state index in [2.05, 4.69) is 0 Å². The van der Waals surface area contributed by atoms with Crippen molar-refractivity contribution in [2.24, 2.45) is 0 Å². The van der Waals surface area contributed by atoms with Crippen LogP contribution >= 0.6 is 0 Å². The lowest BCUT2D eigenvalue weighted by atomic mass is 10.1. The molecular formula is C16H10O6. The van der Waals surface area contributed by atoms with E-state index >= 15 is 0 Å². The van der Waals surface area contributed by atoms with Gasteiger partial charge >= 0.3 is 5.97 Å². The lowest BCUT2D eigenvalue weighted by molar-refractivity contribution is -0.147. The molecule has 110 valence electrons. The van der Waals surface area contributed by atoms with E-state index in [1.165, 1.54) is 12.1 Å². The van der Waals surface area contributed by atoms with Crippen LogP contribution in [0.1, 0.15) is 0 Å². The predicted octanol–water partition coefficient (Wildman–Crippen LogP) is 2.17. The van der Waals surface area contributed by atoms with Crippen LogP contribution < -0.4 is 14.9 Å². The fourth-order valence-electron chi connectivity index (χ4n) is 2.49. The minimum Gasteiger partial charge on any atom is -0.485 e. The molecular weight excluding hydrogens is 288 g/mol. The molecule has 0 saturated carbocycles. The number of para-hydroxylation sites is 1. The van der Waals surface area contributed by atoms with Crippen molar-refractivity contribution < 1.29 is 23.8 Å². The summed E-state index contributed by atoms with van der Waals surface area (Å²) in [6.45, 7) is -0.104. The Balaban J connectivity index is 1.97. The highest BCUT2D eigenvalue weighted by Crippen LogP contribution is 2.35. The number of hydrogen-bond donors (Lipinski definition) is 1. The zero-order valence-corrected chi connectivity index (χ0v) is 11.2. The van der Waals surface area contributed by atoms with Crippen LogP contribution in [-0.2, 0) is 4.79 Å². The lowest BCUT2D eigenvalue weighted by Gasteiger charge is -2.23. The second-order valence-corrected chi connectivity index (χ2v) is 4.98. The van der Waals surface area contributed by atoms with E-state index in [9.17, 15) is 9.59 Å². The molecule has 6 nitrogen and oxygen atoms in total. The topological polar surface area (TPSA) is 86.0 Å². The predicted molar refractivity (Wildman–Crippen MR) is 77.5 cm³/mol. The number of rotatable bonds is 1. The van der Waals surface area contributed by atoms with Gasteiger partial charge in [0.25, 0.3) is 0 Å². The highest BCUT2D eigenvalue weighted by Gasteiger charge is 2.28. The van der Waals surface area contributed by atoms with Crippen molar-refractivity contribution in [3.8, 4) is 11.5 Å². The molecule has 0 fully saturated rings. The number of ether oxygens (including phenoxy) is 2. The maximum atomic E-state index is 12.5. The first-order chi connectivity index (χ1) is 10.6. The second kappa shape index (κ2) is 4.49. The van der Waals surface area contributed by atoms with E-state index in [0.717, 1.165) is 0 Å². The van der Waals surface area contributed by atoms with Crippen molar-refractivity contribution in [3.05, 3.63) is 46.6 Å². The second-order valence-electron chi connectivity index (χ2n) is 4.98. The Kier molecular flexibility index (Phi) is 2.59. The summed E-state index contributed by atoms with van der Waals surface area (Å²) in [5.74, 6) is -0.511. The summed E-state index contributed by atoms with van der Waals surface area (Å²) >= 11 is 0. The van der Waals surface area contributed by atoms with Crippen molar-refractivity contribution in [1.82, 2.24) is 0 Å². The summed E-state index contributed by atoms with van der Waals surface area (Å²) in [6.07, 6.45) is -1.07. The smallest absolute Gasteiger partial charge is 0.348 e. The van der Waals surface area contributed by atoms with Crippen LogP contribution in [0.5, 0.6) is 11.5 Å². The summed E-state index contributed by atoms with van der Waals surface area (Å²) in [7, 11) is 0. The largest absolute Gasteiger partial charge is 0.485 e. The summed E-state index contributed by atoms with van der Waals surface area (Å²) in [6, 6.07) is 9.95. The standard InChI is InChI=1S/C16H10O6/c17-15-8-3-1-2-4-10(8)21-11-6-13-12(5-9(11)15)20-7-14(22-13)16(18)19/h1-6,14H,7H2,(H,18,19). The van der Waals surface area contributed by atoms with E-state index in [-0.39, 0.29) is 17.8 Å². The average Bonchev–Trinajstić information content (AvgIpc) is 2.53. The molecule has 6 heteroatoms. The zero-order chi connectivity index (χ0) is 15.3. The van der Waals surface area contributed by atoms with Gasteiger partial charge in [0.1, 0.15) is 17.8 Å². The van der Waals surface area contributed by atoms with E-state index in [1.54, 1.807) is 24.3 Å². The van der Waals surface area contributed by atoms with Crippen molar-refractivity contribution in [2.45, 2.75) is 6.10 Å². The van der Waals surface area contributed by atoms with E-state index < -0.39 is 12.1 Å². The minimum absolute atomic E-state index is 0.104. The summed E-state index contributed by atoms with van der Waals surface area (Å²) in [5.41, 5.74) is 0.632. The number of benzene rings is 2. The molecule has 2 heterocycles. The Bertz CT molecular complexity index is 971. The van der Waals surface area contributed by atoms with Gasteiger partial charge in [0.2, 0.25) is 11.5 Å². The maximum Gasteiger partial charge on any atom is 0.348 e. The number of carbonyl (C=O) groups is 1. The normalized spacial score (nSPS) is 16.8. The molecule has 1 aliphatic heterocycles. The van der Waals surface area contributed by atoms with Crippen LogP contribution in [0, 0.1) is 0 Å². The molecule has 1 aromatic heterocycles. The van der Waals surface area contributed by atoms with Crippen LogP contribution in [0.4, 0.5) is 0 Å². The van der Waals surface area contributed by atoms with Gasteiger partial charge in [0.05, 0.1) is 10.8 Å². The first kappa shape index (κ1) is 12.7. The van der Waals surface area contributed by atoms with Crippen molar-refractivity contribution in [2.75, 3.05) is 6.61 Å². The SMILES string of the molecule is O=C(O)C1COc2cc3c(=O)c4ccccc4oc3cc2O1. The van der Waals surface area contributed by atoms with Gasteiger partial charge in [-0.15, -0.1) is 0 Å². The Morgan fingerprint density at radius 3 is 2.73 bits per heavy atom. The third kappa shape index (κ3) is 1.81. The van der Waals surface area contributed by atoms with Gasteiger partial charge in [0, 0.05) is 6.07 Å². The highest BCUT2D eigenvalue weighted by atomic mass is 16.6. The van der Waals surface area contributed by atoms with Gasteiger partial charge in [-0.1, -0.05) is 12.1 Å². The van der Waals surface area contributed by atoms with Crippen LogP contribution in [-0.4, -0.2) is 23.8 Å². The fourth-order valence-corrected chi connectivity index (χ4v) is 2.49. The van der Waals surface area contributed by atoms with Gasteiger partial charge in [0.15, 0.2) is 11.5 Å². The van der Waals surface area contributed by atoms with Crippen LogP contribution in [0.3, 0.4) is 0 Å². The Morgan fingerprint density at radius 1 is 1.09 bits per heavy atom. The van der Waals surface area contributed by atoms with Crippen molar-refractivity contribution in [3.63, 3.8) is 0 Å². The maximum absolute atomic E-state index is 12.5. The molecule has 0 spiro atoms. The Labute approximate surface area is 123 Å². The van der Waals surface area contributed by atoms with Gasteiger partial charge < -0.3 is 19.0 Å². The molecule has 0 saturated heterocycles. The Hall–Kier alpha value is -3.02. The Morgan fingerprint density at radius 2 is 1.91 bits per heavy atom. The summed E-state index contributed by atoms with van der Waals surface area (Å²) in [5, 5.41) is 9.84. The van der Waals surface area contributed by atoms with E-state index in [0.29, 0.717) is 27.7 Å². The molecule has 0 aliphatic carbocycles. The molecule has 22 heavy (non-hydrogen) atoms. The van der Waals surface area contributed by atoms with Crippen LogP contribution in [0.25, 0.3) is 21.9 Å². The molecule has 0 radical (unpaired) electrons. The van der Waals surface area contributed by atoms with E-state index in [1.807, 2.05) is 0 Å². The van der Waals surface area contributed by atoms with Crippen molar-refractivity contribution in [1.29, 1.82) is 0 Å². The molecule has 1 N–H and O–H groups in total. The van der Waals surface area contributed by atoms with Gasteiger partial charge in [-0.05, 0) is 18.2 Å². The first-order valence-electron chi connectivity index (χ1n) is 6.65. The molecule has 2 aromatic carbocycles. The number of fused-ring (bicyclic) bond motifs is 3. The number of hydrogen-bond acceptors (Lipinski definition) is 5. The number of aliphatic carboxylic acids is 1. The number of carboxylic acid groups (broad SMARTS) is 1. The molecule has 0 bridgehead atoms. The lowest BCUT2D eigenvalue weighted by Crippen LogP contribution is -2.36. The van der Waals surface area contributed by atoms with Gasteiger partial charge in [-0.25, -0.2) is 4.79 Å². The molecule has 1 aliphatic rings. The quantitative estimate of drug-likeness (QED) is 0.693. The third-order valence-electron chi connectivity index (χ3n) is 3.58. The van der Waals surface area contributed by atoms with Crippen LogP contribution in [0.15, 0.2) is 45.6 Å². The molecule has 4 rings (SSSR count). The van der Waals surface area contributed by atoms with Crippen LogP contribution in [0.2, 0.25) is 0 Å². The minimum atomic E-state index is -1.11. The van der Waals surface area contributed by atoms with Gasteiger partial charge in [-0.3, -0.25) is 4.79 Å². The monoisotopic (exact) mass is 298 g/mol. The molecule has 1 unspecified atom stereocenters. The molecule has 3 aromatic rings. The molecule has 0 amide bonds. The van der Waals surface area contributed by atoms with Crippen molar-refractivity contribution >= 4 is 27.9 Å². The first-order valence-corrected chi connectivity index (χ1v) is 6.65. The van der Waals surface area contributed by atoms with Gasteiger partial charge in [-0.2, -0.15) is 0 Å². The summed E-state index contributed by atoms with van der Waals surface area (Å²) < 4.78 is 16.5. The number of carboxylic acids is 1. The summed E-state index contributed by atoms with van der Waals surface area (Å²) in [4.78, 5) is 23.5. The fraction of sp³-hybridized carbons (Fsp3) is 0.125.